The topological polar surface area (TPSA) is 73.3 Å². The predicted octanol–water partition coefficient (Wildman–Crippen LogP) is 1.89. The van der Waals surface area contributed by atoms with Crippen LogP contribution in [0.3, 0.4) is 0 Å². The summed E-state index contributed by atoms with van der Waals surface area (Å²) in [7, 11) is 1.60. The number of methoxy groups -OCH3 is 1. The fourth-order valence-electron chi connectivity index (χ4n) is 1.48. The Morgan fingerprint density at radius 1 is 1.15 bits per heavy atom. The Balaban J connectivity index is 1.73. The van der Waals surface area contributed by atoms with E-state index in [1.54, 1.807) is 49.8 Å². The maximum atomic E-state index is 11.6. The van der Waals surface area contributed by atoms with Crippen molar-refractivity contribution in [2.75, 3.05) is 19.0 Å². The van der Waals surface area contributed by atoms with Gasteiger partial charge in [-0.05, 0) is 30.3 Å². The summed E-state index contributed by atoms with van der Waals surface area (Å²) in [6, 6.07) is 8.86. The number of hydrogen-bond acceptors (Lipinski definition) is 5. The Hall–Kier alpha value is -2.63. The van der Waals surface area contributed by atoms with Gasteiger partial charge >= 0.3 is 0 Å². The third-order valence-electron chi connectivity index (χ3n) is 2.47. The average Bonchev–Trinajstić information content (AvgIpc) is 2.49. The number of rotatable bonds is 6. The number of ether oxygens (including phenoxy) is 2. The second kappa shape index (κ2) is 7.08. The Morgan fingerprint density at radius 2 is 1.80 bits per heavy atom. The van der Waals surface area contributed by atoms with Gasteiger partial charge in [0.1, 0.15) is 11.5 Å². The van der Waals surface area contributed by atoms with Gasteiger partial charge in [-0.15, -0.1) is 0 Å². The minimum atomic E-state index is -0.190. The summed E-state index contributed by atoms with van der Waals surface area (Å²) in [5.41, 5.74) is 0. The minimum absolute atomic E-state index is 0.190. The van der Waals surface area contributed by atoms with Gasteiger partial charge in [0, 0.05) is 12.4 Å². The van der Waals surface area contributed by atoms with Gasteiger partial charge in [0.05, 0.1) is 20.1 Å². The van der Waals surface area contributed by atoms with Crippen molar-refractivity contribution in [1.82, 2.24) is 9.97 Å². The molecule has 20 heavy (non-hydrogen) atoms. The molecule has 1 aromatic heterocycles. The van der Waals surface area contributed by atoms with E-state index in [2.05, 4.69) is 15.3 Å². The molecule has 1 N–H and O–H groups in total. The molecule has 0 unspecified atom stereocenters. The third kappa shape index (κ3) is 4.24. The highest BCUT2D eigenvalue weighted by Gasteiger charge is 2.04. The maximum absolute atomic E-state index is 11.6. The van der Waals surface area contributed by atoms with Crippen LogP contribution >= 0.6 is 0 Å². The molecule has 0 bridgehead atoms. The van der Waals surface area contributed by atoms with Gasteiger partial charge in [0.15, 0.2) is 0 Å². The van der Waals surface area contributed by atoms with E-state index in [9.17, 15) is 4.79 Å². The molecule has 104 valence electrons. The van der Waals surface area contributed by atoms with Crippen molar-refractivity contribution in [3.63, 3.8) is 0 Å². The average molecular weight is 273 g/mol. The van der Waals surface area contributed by atoms with Gasteiger partial charge < -0.3 is 9.47 Å². The first-order valence-electron chi connectivity index (χ1n) is 6.11. The summed E-state index contributed by atoms with van der Waals surface area (Å²) < 4.78 is 10.5. The first kappa shape index (κ1) is 13.8. The van der Waals surface area contributed by atoms with E-state index < -0.39 is 0 Å². The number of nitrogens with one attached hydrogen (secondary N) is 1. The molecule has 0 aliphatic rings. The lowest BCUT2D eigenvalue weighted by atomic mass is 10.3. The molecular weight excluding hydrogens is 258 g/mol. The fraction of sp³-hybridized carbons (Fsp3) is 0.214. The molecule has 0 aliphatic heterocycles. The standard InChI is InChI=1S/C14H15N3O3/c1-19-11-3-5-12(6-4-11)20-10-7-13(18)17-14-15-8-2-9-16-14/h2-6,8-9H,7,10H2,1H3,(H,15,16,17,18). The van der Waals surface area contributed by atoms with Crippen LogP contribution in [0.2, 0.25) is 0 Å². The highest BCUT2D eigenvalue weighted by atomic mass is 16.5. The molecule has 6 heteroatoms. The van der Waals surface area contributed by atoms with Crippen LogP contribution in [0.15, 0.2) is 42.7 Å². The van der Waals surface area contributed by atoms with E-state index in [0.29, 0.717) is 11.7 Å². The largest absolute Gasteiger partial charge is 0.497 e. The van der Waals surface area contributed by atoms with Gasteiger partial charge in [0.25, 0.3) is 0 Å². The predicted molar refractivity (Wildman–Crippen MR) is 73.8 cm³/mol. The Morgan fingerprint density at radius 3 is 2.45 bits per heavy atom. The molecule has 0 aliphatic carbocycles. The number of hydrogen-bond donors (Lipinski definition) is 1. The zero-order valence-corrected chi connectivity index (χ0v) is 11.1. The fourth-order valence-corrected chi connectivity index (χ4v) is 1.48. The Bertz CT molecular complexity index is 543. The molecular formula is C14H15N3O3. The van der Waals surface area contributed by atoms with Crippen LogP contribution in [-0.2, 0) is 4.79 Å². The van der Waals surface area contributed by atoms with Crippen molar-refractivity contribution in [2.45, 2.75) is 6.42 Å². The summed E-state index contributed by atoms with van der Waals surface area (Å²) in [5.74, 6) is 1.55. The maximum Gasteiger partial charge on any atom is 0.230 e. The summed E-state index contributed by atoms with van der Waals surface area (Å²) >= 11 is 0. The summed E-state index contributed by atoms with van der Waals surface area (Å²) in [5, 5.41) is 2.59. The van der Waals surface area contributed by atoms with Crippen LogP contribution in [0.4, 0.5) is 5.95 Å². The van der Waals surface area contributed by atoms with E-state index in [1.165, 1.54) is 0 Å². The summed E-state index contributed by atoms with van der Waals surface area (Å²) in [6.45, 7) is 0.283. The smallest absolute Gasteiger partial charge is 0.230 e. The van der Waals surface area contributed by atoms with Crippen molar-refractivity contribution >= 4 is 11.9 Å². The van der Waals surface area contributed by atoms with Crippen LogP contribution in [-0.4, -0.2) is 29.6 Å². The molecule has 0 radical (unpaired) electrons. The number of benzene rings is 1. The van der Waals surface area contributed by atoms with Crippen molar-refractivity contribution in [1.29, 1.82) is 0 Å². The van der Waals surface area contributed by atoms with Crippen LogP contribution in [0.25, 0.3) is 0 Å². The number of carbonyl (C=O) groups excluding carboxylic acids is 1. The Labute approximate surface area is 116 Å². The Kier molecular flexibility index (Phi) is 4.88. The minimum Gasteiger partial charge on any atom is -0.497 e. The molecule has 1 heterocycles. The van der Waals surface area contributed by atoms with Crippen molar-refractivity contribution < 1.29 is 14.3 Å². The molecule has 0 saturated heterocycles. The molecule has 0 fully saturated rings. The molecule has 0 atom stereocenters. The van der Waals surface area contributed by atoms with E-state index in [4.69, 9.17) is 9.47 Å². The van der Waals surface area contributed by atoms with E-state index in [-0.39, 0.29) is 18.9 Å². The summed E-state index contributed by atoms with van der Waals surface area (Å²) in [4.78, 5) is 19.4. The quantitative estimate of drug-likeness (QED) is 0.870. The highest BCUT2D eigenvalue weighted by molar-refractivity contribution is 5.88. The number of nitrogens with zero attached hydrogens (tertiary/aromatic N) is 2. The lowest BCUT2D eigenvalue weighted by Crippen LogP contribution is -2.16. The van der Waals surface area contributed by atoms with Crippen molar-refractivity contribution in [3.8, 4) is 11.5 Å². The van der Waals surface area contributed by atoms with E-state index >= 15 is 0 Å². The molecule has 0 spiro atoms. The number of carbonyl (C=O) groups is 1. The van der Waals surface area contributed by atoms with Gasteiger partial charge in [0.2, 0.25) is 11.9 Å². The van der Waals surface area contributed by atoms with Crippen molar-refractivity contribution in [3.05, 3.63) is 42.7 Å². The van der Waals surface area contributed by atoms with Gasteiger partial charge in [-0.1, -0.05) is 0 Å². The van der Waals surface area contributed by atoms with Crippen LogP contribution in [0, 0.1) is 0 Å². The normalized spacial score (nSPS) is 9.85. The molecule has 6 nitrogen and oxygen atoms in total. The first-order chi connectivity index (χ1) is 9.78. The zero-order chi connectivity index (χ0) is 14.2. The molecule has 1 amide bonds. The molecule has 1 aromatic carbocycles. The second-order valence-corrected chi connectivity index (χ2v) is 3.89. The molecule has 2 aromatic rings. The first-order valence-corrected chi connectivity index (χ1v) is 6.11. The lowest BCUT2D eigenvalue weighted by Gasteiger charge is -2.07. The van der Waals surface area contributed by atoms with E-state index in [1.807, 2.05) is 0 Å². The number of anilines is 1. The van der Waals surface area contributed by atoms with Crippen LogP contribution < -0.4 is 14.8 Å². The third-order valence-corrected chi connectivity index (χ3v) is 2.47. The highest BCUT2D eigenvalue weighted by Crippen LogP contribution is 2.17. The van der Waals surface area contributed by atoms with Gasteiger partial charge in [-0.2, -0.15) is 0 Å². The number of amides is 1. The lowest BCUT2D eigenvalue weighted by molar-refractivity contribution is -0.116. The zero-order valence-electron chi connectivity index (χ0n) is 11.1. The van der Waals surface area contributed by atoms with Crippen LogP contribution in [0.1, 0.15) is 6.42 Å². The van der Waals surface area contributed by atoms with E-state index in [0.717, 1.165) is 5.75 Å². The second-order valence-electron chi connectivity index (χ2n) is 3.89. The molecule has 2 rings (SSSR count). The van der Waals surface area contributed by atoms with Crippen molar-refractivity contribution in [2.24, 2.45) is 0 Å². The van der Waals surface area contributed by atoms with Crippen LogP contribution in [0.5, 0.6) is 11.5 Å². The monoisotopic (exact) mass is 273 g/mol. The molecule has 0 saturated carbocycles. The summed E-state index contributed by atoms with van der Waals surface area (Å²) in [6.07, 6.45) is 3.36. The number of aromatic nitrogens is 2. The van der Waals surface area contributed by atoms with Gasteiger partial charge in [-0.25, -0.2) is 9.97 Å². The van der Waals surface area contributed by atoms with Gasteiger partial charge in [-0.3, -0.25) is 10.1 Å². The SMILES string of the molecule is COc1ccc(OCCC(=O)Nc2ncccn2)cc1.